The van der Waals surface area contributed by atoms with Crippen LogP contribution in [0.1, 0.15) is 12.8 Å². The number of halogens is 4. The zero-order valence-corrected chi connectivity index (χ0v) is 20.1. The van der Waals surface area contributed by atoms with E-state index >= 15 is 0 Å². The molecule has 0 aliphatic carbocycles. The van der Waals surface area contributed by atoms with E-state index in [1.54, 1.807) is 11.9 Å². The summed E-state index contributed by atoms with van der Waals surface area (Å²) in [6.07, 6.45) is -2.26. The molecule has 0 bridgehead atoms. The largest absolute Gasteiger partial charge is 0.490 e. The Balaban J connectivity index is 0.000000572. The summed E-state index contributed by atoms with van der Waals surface area (Å²) in [6.45, 7) is 2.05. The van der Waals surface area contributed by atoms with Gasteiger partial charge in [-0.3, -0.25) is 0 Å². The number of carboxylic acid groups (broad SMARTS) is 1. The number of alkyl halides is 3. The molecule has 0 unspecified atom stereocenters. The SMILES string of the molecule is CN1CCN(C2CCN(S(=O)(=O)c3ccc(OC/C(=C/F)CN)nc3)CC2)C1=O.O=C(O)C(F)(F)F. The topological polar surface area (TPSA) is 146 Å². The number of aliphatic carboxylic acids is 1. The molecule has 0 radical (unpaired) electrons. The van der Waals surface area contributed by atoms with Crippen LogP contribution >= 0.6 is 0 Å². The van der Waals surface area contributed by atoms with Gasteiger partial charge in [0.2, 0.25) is 15.9 Å². The minimum atomic E-state index is -5.08. The molecule has 2 aliphatic rings. The summed E-state index contributed by atoms with van der Waals surface area (Å²) in [5.74, 6) is -2.57. The molecule has 3 heterocycles. The third-order valence-corrected chi connectivity index (χ3v) is 7.41. The average molecular weight is 542 g/mol. The van der Waals surface area contributed by atoms with Crippen molar-refractivity contribution in [2.45, 2.75) is 30.0 Å². The van der Waals surface area contributed by atoms with Gasteiger partial charge in [0.05, 0.1) is 12.5 Å². The van der Waals surface area contributed by atoms with Crippen molar-refractivity contribution in [1.82, 2.24) is 19.1 Å². The van der Waals surface area contributed by atoms with E-state index in [4.69, 9.17) is 20.4 Å². The number of nitrogens with zero attached hydrogens (tertiary/aromatic N) is 4. The number of carbonyl (C=O) groups excluding carboxylic acids is 1. The lowest BCUT2D eigenvalue weighted by Crippen LogP contribution is -2.47. The molecule has 0 aromatic carbocycles. The third-order valence-electron chi connectivity index (χ3n) is 5.52. The van der Waals surface area contributed by atoms with Crippen LogP contribution < -0.4 is 10.5 Å². The summed E-state index contributed by atoms with van der Waals surface area (Å²) in [5, 5.41) is 7.12. The smallest absolute Gasteiger partial charge is 0.475 e. The van der Waals surface area contributed by atoms with Gasteiger partial charge in [0.15, 0.2) is 0 Å². The van der Waals surface area contributed by atoms with Crippen LogP contribution in [0.4, 0.5) is 22.4 Å². The number of urea groups is 1. The number of carbonyl (C=O) groups is 2. The second-order valence-corrected chi connectivity index (χ2v) is 9.87. The lowest BCUT2D eigenvalue weighted by molar-refractivity contribution is -0.192. The maximum Gasteiger partial charge on any atom is 0.490 e. The Morgan fingerprint density at radius 1 is 1.25 bits per heavy atom. The van der Waals surface area contributed by atoms with E-state index in [2.05, 4.69) is 4.98 Å². The average Bonchev–Trinajstić information content (AvgIpc) is 3.18. The zero-order valence-electron chi connectivity index (χ0n) is 19.3. The highest BCUT2D eigenvalue weighted by atomic mass is 32.2. The van der Waals surface area contributed by atoms with Gasteiger partial charge >= 0.3 is 18.2 Å². The van der Waals surface area contributed by atoms with Gasteiger partial charge in [-0.2, -0.15) is 17.5 Å². The number of carboxylic acids is 1. The van der Waals surface area contributed by atoms with Crippen molar-refractivity contribution in [2.24, 2.45) is 5.73 Å². The van der Waals surface area contributed by atoms with Gasteiger partial charge in [-0.05, 0) is 18.9 Å². The van der Waals surface area contributed by atoms with Crippen molar-refractivity contribution < 1.29 is 45.4 Å². The molecule has 36 heavy (non-hydrogen) atoms. The number of piperidine rings is 1. The Bertz CT molecular complexity index is 1040. The van der Waals surface area contributed by atoms with Crippen LogP contribution in [0.25, 0.3) is 0 Å². The molecule has 11 nitrogen and oxygen atoms in total. The number of rotatable bonds is 7. The Morgan fingerprint density at radius 2 is 1.86 bits per heavy atom. The number of pyridine rings is 1. The zero-order chi connectivity index (χ0) is 27.1. The molecule has 0 spiro atoms. The van der Waals surface area contributed by atoms with Crippen molar-refractivity contribution >= 4 is 22.0 Å². The summed E-state index contributed by atoms with van der Waals surface area (Å²) in [7, 11) is -1.91. The quantitative estimate of drug-likeness (QED) is 0.493. The number of sulfonamides is 1. The third kappa shape index (κ3) is 7.51. The van der Waals surface area contributed by atoms with Gasteiger partial charge in [-0.1, -0.05) is 0 Å². The van der Waals surface area contributed by atoms with Gasteiger partial charge in [-0.15, -0.1) is 0 Å². The molecule has 3 rings (SSSR count). The number of amides is 2. The van der Waals surface area contributed by atoms with E-state index in [-0.39, 0.29) is 41.6 Å². The number of aromatic nitrogens is 1. The Labute approximate surface area is 205 Å². The monoisotopic (exact) mass is 541 g/mol. The number of hydrogen-bond acceptors (Lipinski definition) is 7. The summed E-state index contributed by atoms with van der Waals surface area (Å²) in [6, 6.07) is 2.92. The van der Waals surface area contributed by atoms with Crippen LogP contribution in [-0.4, -0.2) is 103 Å². The molecule has 1 aromatic rings. The lowest BCUT2D eigenvalue weighted by Gasteiger charge is -2.35. The van der Waals surface area contributed by atoms with Crippen LogP contribution in [0.3, 0.4) is 0 Å². The summed E-state index contributed by atoms with van der Waals surface area (Å²) < 4.78 is 76.7. The molecule has 2 fully saturated rings. The van der Waals surface area contributed by atoms with E-state index in [1.807, 2.05) is 4.90 Å². The minimum absolute atomic E-state index is 0.00601. The highest BCUT2D eigenvalue weighted by molar-refractivity contribution is 7.89. The Kier molecular flexibility index (Phi) is 10.0. The maximum atomic E-state index is 12.9. The first kappa shape index (κ1) is 29.3. The second-order valence-electron chi connectivity index (χ2n) is 7.93. The molecule has 2 amide bonds. The highest BCUT2D eigenvalue weighted by Crippen LogP contribution is 2.25. The van der Waals surface area contributed by atoms with E-state index in [0.29, 0.717) is 45.4 Å². The van der Waals surface area contributed by atoms with Crippen molar-refractivity contribution in [1.29, 1.82) is 0 Å². The molecule has 202 valence electrons. The standard InChI is InChI=1S/C18H26FN5O4S.C2HF3O2/c1-22-8-9-24(18(22)25)15-4-6-23(7-5-15)29(26,27)16-2-3-17(21-12-16)28-13-14(10-19)11-20;3-2(4,5)1(6)7/h2-3,10,12,15H,4-9,11,13,20H2,1H3;(H,6,7)/b14-10+;. The summed E-state index contributed by atoms with van der Waals surface area (Å²) in [4.78, 5) is 28.6. The Morgan fingerprint density at radius 3 is 2.28 bits per heavy atom. The first-order chi connectivity index (χ1) is 16.8. The predicted molar refractivity (Wildman–Crippen MR) is 118 cm³/mol. The molecule has 3 N–H and O–H groups in total. The van der Waals surface area contributed by atoms with Crippen molar-refractivity contribution in [3.05, 3.63) is 30.2 Å². The normalized spacial score (nSPS) is 18.2. The Hall–Kier alpha value is -2.98. The number of hydrogen-bond donors (Lipinski definition) is 2. The van der Waals surface area contributed by atoms with Gasteiger partial charge < -0.3 is 25.4 Å². The minimum Gasteiger partial charge on any atom is -0.475 e. The van der Waals surface area contributed by atoms with Crippen LogP contribution in [0.15, 0.2) is 35.1 Å². The fraction of sp³-hybridized carbons (Fsp3) is 0.550. The molecule has 0 saturated carbocycles. The molecular weight excluding hydrogens is 514 g/mol. The van der Waals surface area contributed by atoms with Crippen LogP contribution in [-0.2, 0) is 14.8 Å². The molecule has 1 aromatic heterocycles. The van der Waals surface area contributed by atoms with Crippen molar-refractivity contribution in [2.75, 3.05) is 46.4 Å². The van der Waals surface area contributed by atoms with E-state index < -0.39 is 22.2 Å². The number of likely N-dealkylation sites (N-methyl/N-ethyl adjacent to an activating group) is 1. The van der Waals surface area contributed by atoms with Crippen molar-refractivity contribution in [3.63, 3.8) is 0 Å². The van der Waals surface area contributed by atoms with E-state index in [0.717, 1.165) is 0 Å². The lowest BCUT2D eigenvalue weighted by atomic mass is 10.1. The van der Waals surface area contributed by atoms with E-state index in [9.17, 15) is 30.8 Å². The first-order valence-electron chi connectivity index (χ1n) is 10.7. The fourth-order valence-corrected chi connectivity index (χ4v) is 4.87. The molecular formula is C20H27F4N5O6S. The van der Waals surface area contributed by atoms with Crippen molar-refractivity contribution in [3.8, 4) is 5.88 Å². The fourth-order valence-electron chi connectivity index (χ4n) is 3.46. The molecule has 16 heteroatoms. The second kappa shape index (κ2) is 12.3. The predicted octanol–water partition coefficient (Wildman–Crippen LogP) is 1.43. The maximum absolute atomic E-state index is 12.9. The summed E-state index contributed by atoms with van der Waals surface area (Å²) in [5.41, 5.74) is 5.63. The van der Waals surface area contributed by atoms with Crippen LogP contribution in [0.2, 0.25) is 0 Å². The van der Waals surface area contributed by atoms with E-state index in [1.165, 1.54) is 22.6 Å². The van der Waals surface area contributed by atoms with Gasteiger partial charge in [-0.25, -0.2) is 27.4 Å². The number of ether oxygens (including phenoxy) is 1. The summed E-state index contributed by atoms with van der Waals surface area (Å²) >= 11 is 0. The van der Waals surface area contributed by atoms with Crippen LogP contribution in [0.5, 0.6) is 5.88 Å². The van der Waals surface area contributed by atoms with Gasteiger partial charge in [0.1, 0.15) is 11.5 Å². The van der Waals surface area contributed by atoms with Crippen LogP contribution in [0, 0.1) is 0 Å². The van der Waals surface area contributed by atoms with Gasteiger partial charge in [0, 0.05) is 57.5 Å². The molecule has 2 saturated heterocycles. The highest BCUT2D eigenvalue weighted by Gasteiger charge is 2.38. The van der Waals surface area contributed by atoms with Gasteiger partial charge in [0.25, 0.3) is 0 Å². The molecule has 2 aliphatic heterocycles. The molecule has 0 atom stereocenters. The first-order valence-corrected chi connectivity index (χ1v) is 12.1. The number of nitrogens with two attached hydrogens (primary N) is 1.